The van der Waals surface area contributed by atoms with Crippen molar-refractivity contribution in [1.82, 2.24) is 14.8 Å². The summed E-state index contributed by atoms with van der Waals surface area (Å²) in [6.45, 7) is 3.81. The molecule has 1 N–H and O–H groups in total. The molecule has 0 unspecified atom stereocenters. The Morgan fingerprint density at radius 3 is 2.38 bits per heavy atom. The molecule has 1 aromatic rings. The minimum atomic E-state index is -0.0710. The highest BCUT2D eigenvalue weighted by molar-refractivity contribution is 7.19. The molecule has 3 aliphatic rings. The topological polar surface area (TPSA) is 65.5 Å². The van der Waals surface area contributed by atoms with Crippen LogP contribution in [0.25, 0.3) is 0 Å². The van der Waals surface area contributed by atoms with Gasteiger partial charge in [0.1, 0.15) is 4.34 Å². The summed E-state index contributed by atoms with van der Waals surface area (Å²) in [6.07, 6.45) is 10.8. The fourth-order valence-corrected chi connectivity index (χ4v) is 5.51. The third-order valence-electron chi connectivity index (χ3n) is 6.68. The van der Waals surface area contributed by atoms with Crippen LogP contribution in [0.15, 0.2) is 6.20 Å². The van der Waals surface area contributed by atoms with Gasteiger partial charge in [-0.15, -0.1) is 0 Å². The van der Waals surface area contributed by atoms with Gasteiger partial charge >= 0.3 is 6.03 Å². The molecule has 0 atom stereocenters. The number of piperidine rings is 1. The predicted molar refractivity (Wildman–Crippen MR) is 116 cm³/mol. The second kappa shape index (κ2) is 9.21. The van der Waals surface area contributed by atoms with Gasteiger partial charge in [-0.05, 0) is 63.2 Å². The van der Waals surface area contributed by atoms with Gasteiger partial charge in [0.25, 0.3) is 0 Å². The largest absolute Gasteiger partial charge is 0.343 e. The molecule has 1 saturated heterocycles. The quantitative estimate of drug-likeness (QED) is 0.703. The molecule has 0 radical (unpaired) electrons. The summed E-state index contributed by atoms with van der Waals surface area (Å²) in [5.74, 6) is 1.65. The second-order valence-corrected chi connectivity index (χ2v) is 10.6. The number of thiazole rings is 1. The first-order valence-electron chi connectivity index (χ1n) is 11.0. The van der Waals surface area contributed by atoms with Gasteiger partial charge < -0.3 is 9.80 Å². The van der Waals surface area contributed by atoms with Crippen LogP contribution in [0.5, 0.6) is 0 Å². The number of carbonyl (C=O) groups is 2. The van der Waals surface area contributed by atoms with E-state index in [2.05, 4.69) is 22.1 Å². The predicted octanol–water partition coefficient (Wildman–Crippen LogP) is 5.00. The Bertz CT molecular complexity index is 722. The lowest BCUT2D eigenvalue weighted by molar-refractivity contribution is -0.133. The van der Waals surface area contributed by atoms with Gasteiger partial charge in [0.15, 0.2) is 5.13 Å². The number of urea groups is 1. The summed E-state index contributed by atoms with van der Waals surface area (Å²) in [5.41, 5.74) is 0. The monoisotopic (exact) mass is 438 g/mol. The van der Waals surface area contributed by atoms with E-state index in [1.54, 1.807) is 6.20 Å². The Hall–Kier alpha value is -1.34. The van der Waals surface area contributed by atoms with Crippen LogP contribution in [0.3, 0.4) is 0 Å². The molecular weight excluding hydrogens is 408 g/mol. The normalized spacial score (nSPS) is 25.7. The Morgan fingerprint density at radius 1 is 1.14 bits per heavy atom. The summed E-state index contributed by atoms with van der Waals surface area (Å²) < 4.78 is 0.570. The Kier molecular flexibility index (Phi) is 6.64. The van der Waals surface area contributed by atoms with E-state index in [0.29, 0.717) is 27.7 Å². The molecule has 3 amide bonds. The average Bonchev–Trinajstić information content (AvgIpc) is 3.43. The standard InChI is InChI=1S/C21H31ClN4O2S/c1-14-2-6-16(7-3-14)26(21(28)24-20-23-13-18(22)29-20)17-8-10-25(11-9-17)19(27)12-15-4-5-15/h13-17H,2-12H2,1H3,(H,23,24,28). The number of anilines is 1. The van der Waals surface area contributed by atoms with E-state index < -0.39 is 0 Å². The number of hydrogen-bond donors (Lipinski definition) is 1. The first-order valence-corrected chi connectivity index (χ1v) is 12.2. The number of hydrogen-bond acceptors (Lipinski definition) is 4. The van der Waals surface area contributed by atoms with E-state index in [1.807, 2.05) is 4.90 Å². The van der Waals surface area contributed by atoms with Crippen molar-refractivity contribution in [3.8, 4) is 0 Å². The molecule has 6 nitrogen and oxygen atoms in total. The molecule has 4 rings (SSSR count). The van der Waals surface area contributed by atoms with Crippen LogP contribution in [-0.2, 0) is 4.79 Å². The molecular formula is C21H31ClN4O2S. The summed E-state index contributed by atoms with van der Waals surface area (Å²) in [5, 5.41) is 3.51. The van der Waals surface area contributed by atoms with Crippen molar-refractivity contribution in [3.63, 3.8) is 0 Å². The molecule has 3 fully saturated rings. The molecule has 1 aromatic heterocycles. The minimum absolute atomic E-state index is 0.0710. The van der Waals surface area contributed by atoms with Crippen LogP contribution >= 0.6 is 22.9 Å². The third-order valence-corrected chi connectivity index (χ3v) is 7.71. The second-order valence-electron chi connectivity index (χ2n) is 8.98. The lowest BCUT2D eigenvalue weighted by Crippen LogP contribution is -2.54. The number of halogens is 1. The lowest BCUT2D eigenvalue weighted by Gasteiger charge is -2.44. The highest BCUT2D eigenvalue weighted by Gasteiger charge is 2.36. The van der Waals surface area contributed by atoms with Gasteiger partial charge in [0.05, 0.1) is 6.20 Å². The SMILES string of the molecule is CC1CCC(N(C(=O)Nc2ncc(Cl)s2)C2CCN(C(=O)CC3CC3)CC2)CC1. The Labute approximate surface area is 182 Å². The van der Waals surface area contributed by atoms with E-state index in [4.69, 9.17) is 11.6 Å². The van der Waals surface area contributed by atoms with E-state index in [9.17, 15) is 9.59 Å². The summed E-state index contributed by atoms with van der Waals surface area (Å²) in [4.78, 5) is 33.9. The summed E-state index contributed by atoms with van der Waals surface area (Å²) in [6, 6.07) is 0.368. The van der Waals surface area contributed by atoms with Gasteiger partial charge in [0.2, 0.25) is 5.91 Å². The van der Waals surface area contributed by atoms with Crippen molar-refractivity contribution in [1.29, 1.82) is 0 Å². The zero-order valence-corrected chi connectivity index (χ0v) is 18.7. The van der Waals surface area contributed by atoms with Crippen LogP contribution < -0.4 is 5.32 Å². The van der Waals surface area contributed by atoms with Crippen LogP contribution in [0, 0.1) is 11.8 Å². The number of carbonyl (C=O) groups excluding carboxylic acids is 2. The number of amides is 3. The highest BCUT2D eigenvalue weighted by atomic mass is 35.5. The number of nitrogens with one attached hydrogen (secondary N) is 1. The molecule has 8 heteroatoms. The van der Waals surface area contributed by atoms with Gasteiger partial charge in [-0.2, -0.15) is 0 Å². The zero-order valence-electron chi connectivity index (χ0n) is 17.1. The van der Waals surface area contributed by atoms with Crippen LogP contribution in [0.4, 0.5) is 9.93 Å². The lowest BCUT2D eigenvalue weighted by atomic mass is 9.85. The number of likely N-dealkylation sites (tertiary alicyclic amines) is 1. The summed E-state index contributed by atoms with van der Waals surface area (Å²) >= 11 is 7.26. The van der Waals surface area contributed by atoms with Gasteiger partial charge in [-0.25, -0.2) is 9.78 Å². The maximum absolute atomic E-state index is 13.2. The highest BCUT2D eigenvalue weighted by Crippen LogP contribution is 2.34. The Balaban J connectivity index is 1.40. The number of rotatable bonds is 5. The fraction of sp³-hybridized carbons (Fsp3) is 0.762. The molecule has 160 valence electrons. The van der Waals surface area contributed by atoms with Crippen molar-refractivity contribution >= 4 is 40.0 Å². The minimum Gasteiger partial charge on any atom is -0.343 e. The molecule has 1 aliphatic heterocycles. The van der Waals surface area contributed by atoms with E-state index in [1.165, 1.54) is 24.2 Å². The first kappa shape index (κ1) is 20.9. The Morgan fingerprint density at radius 2 is 1.79 bits per heavy atom. The van der Waals surface area contributed by atoms with E-state index in [0.717, 1.165) is 57.5 Å². The van der Waals surface area contributed by atoms with Gasteiger partial charge in [-0.1, -0.05) is 29.9 Å². The van der Waals surface area contributed by atoms with Crippen molar-refractivity contribution < 1.29 is 9.59 Å². The number of aromatic nitrogens is 1. The molecule has 2 aliphatic carbocycles. The van der Waals surface area contributed by atoms with Crippen molar-refractivity contribution in [3.05, 3.63) is 10.5 Å². The maximum Gasteiger partial charge on any atom is 0.324 e. The first-order chi connectivity index (χ1) is 14.0. The molecule has 0 spiro atoms. The molecule has 2 heterocycles. The van der Waals surface area contributed by atoms with Crippen LogP contribution in [0.2, 0.25) is 4.34 Å². The van der Waals surface area contributed by atoms with Crippen molar-refractivity contribution in [2.24, 2.45) is 11.8 Å². The van der Waals surface area contributed by atoms with Crippen molar-refractivity contribution in [2.45, 2.75) is 76.8 Å². The van der Waals surface area contributed by atoms with E-state index >= 15 is 0 Å². The van der Waals surface area contributed by atoms with Crippen LogP contribution in [-0.4, -0.2) is 51.9 Å². The van der Waals surface area contributed by atoms with E-state index in [-0.39, 0.29) is 18.1 Å². The molecule has 2 saturated carbocycles. The third kappa shape index (κ3) is 5.43. The zero-order chi connectivity index (χ0) is 20.4. The smallest absolute Gasteiger partial charge is 0.324 e. The van der Waals surface area contributed by atoms with Crippen molar-refractivity contribution in [2.75, 3.05) is 18.4 Å². The molecule has 29 heavy (non-hydrogen) atoms. The van der Waals surface area contributed by atoms with Gasteiger partial charge in [0, 0.05) is 31.6 Å². The fourth-order valence-electron chi connectivity index (χ4n) is 4.71. The maximum atomic E-state index is 13.2. The molecule has 0 aromatic carbocycles. The van der Waals surface area contributed by atoms with Gasteiger partial charge in [-0.3, -0.25) is 10.1 Å². The average molecular weight is 439 g/mol. The molecule has 0 bridgehead atoms. The van der Waals surface area contributed by atoms with Crippen LogP contribution in [0.1, 0.15) is 64.7 Å². The number of nitrogens with zero attached hydrogens (tertiary/aromatic N) is 3. The summed E-state index contributed by atoms with van der Waals surface area (Å²) in [7, 11) is 0.